The van der Waals surface area contributed by atoms with Crippen LogP contribution in [0.5, 0.6) is 0 Å². The number of benzene rings is 1. The molecule has 1 fully saturated rings. The van der Waals surface area contributed by atoms with E-state index in [2.05, 4.69) is 5.32 Å². The van der Waals surface area contributed by atoms with Crippen LogP contribution >= 0.6 is 0 Å². The van der Waals surface area contributed by atoms with E-state index in [4.69, 9.17) is 0 Å². The van der Waals surface area contributed by atoms with Gasteiger partial charge in [0, 0.05) is 24.9 Å². The van der Waals surface area contributed by atoms with Crippen molar-refractivity contribution >= 4 is 0 Å². The second-order valence-electron chi connectivity index (χ2n) is 4.21. The summed E-state index contributed by atoms with van der Waals surface area (Å²) in [4.78, 5) is 0. The van der Waals surface area contributed by atoms with Gasteiger partial charge in [0.2, 0.25) is 0 Å². The van der Waals surface area contributed by atoms with Crippen molar-refractivity contribution in [3.8, 4) is 0 Å². The van der Waals surface area contributed by atoms with E-state index in [9.17, 15) is 13.2 Å². The van der Waals surface area contributed by atoms with E-state index >= 15 is 0 Å². The van der Waals surface area contributed by atoms with E-state index in [1.54, 1.807) is 6.07 Å². The molecule has 0 amide bonds. The molecule has 1 aliphatic heterocycles. The third kappa shape index (κ3) is 1.21. The summed E-state index contributed by atoms with van der Waals surface area (Å²) in [5, 5.41) is 3.21. The highest BCUT2D eigenvalue weighted by molar-refractivity contribution is 5.49. The minimum absolute atomic E-state index is 0.308. The first-order chi connectivity index (χ1) is 7.07. The maximum atomic E-state index is 12.5. The molecule has 1 aromatic rings. The van der Waals surface area contributed by atoms with Gasteiger partial charge in [-0.25, -0.2) is 0 Å². The number of nitrogens with one attached hydrogen (secondary N) is 1. The summed E-state index contributed by atoms with van der Waals surface area (Å²) in [6.45, 7) is 1.72. The van der Waals surface area contributed by atoms with Crippen molar-refractivity contribution in [1.29, 1.82) is 0 Å². The Balaban J connectivity index is 2.02. The summed E-state index contributed by atoms with van der Waals surface area (Å²) < 4.78 is 37.4. The molecule has 3 rings (SSSR count). The molecule has 2 unspecified atom stereocenters. The van der Waals surface area contributed by atoms with E-state index in [0.29, 0.717) is 11.8 Å². The highest BCUT2D eigenvalue weighted by atomic mass is 19.4. The Morgan fingerprint density at radius 3 is 2.40 bits per heavy atom. The van der Waals surface area contributed by atoms with Crippen LogP contribution in [0.25, 0.3) is 0 Å². The maximum Gasteiger partial charge on any atom is 0.416 e. The Morgan fingerprint density at radius 2 is 1.73 bits per heavy atom. The third-order valence-corrected chi connectivity index (χ3v) is 3.43. The summed E-state index contributed by atoms with van der Waals surface area (Å²) in [6.07, 6.45) is -4.22. The van der Waals surface area contributed by atoms with Gasteiger partial charge in [0.1, 0.15) is 0 Å². The molecule has 1 saturated heterocycles. The number of hydrogen-bond donors (Lipinski definition) is 1. The second kappa shape index (κ2) is 2.76. The molecule has 0 radical (unpaired) electrons. The van der Waals surface area contributed by atoms with Crippen LogP contribution in [0.2, 0.25) is 0 Å². The summed E-state index contributed by atoms with van der Waals surface area (Å²) in [6, 6.07) is 4.13. The first-order valence-electron chi connectivity index (χ1n) is 4.99. The Bertz CT molecular complexity index is 411. The average Bonchev–Trinajstić information content (AvgIpc) is 2.55. The summed E-state index contributed by atoms with van der Waals surface area (Å²) in [7, 11) is 0. The zero-order valence-corrected chi connectivity index (χ0v) is 7.93. The van der Waals surface area contributed by atoms with Gasteiger partial charge in [0.05, 0.1) is 5.56 Å². The van der Waals surface area contributed by atoms with Crippen molar-refractivity contribution in [2.24, 2.45) is 0 Å². The molecule has 80 valence electrons. The molecular weight excluding hydrogens is 203 g/mol. The summed E-state index contributed by atoms with van der Waals surface area (Å²) in [5.41, 5.74) is 1.46. The summed E-state index contributed by atoms with van der Waals surface area (Å²) in [5.74, 6) is 0.754. The SMILES string of the molecule is FC(F)(F)c1ccc2c(c1)C1CNCC21. The van der Waals surface area contributed by atoms with Crippen LogP contribution in [0, 0.1) is 0 Å². The molecule has 0 spiro atoms. The molecule has 0 aromatic heterocycles. The fraction of sp³-hybridized carbons (Fsp3) is 0.455. The van der Waals surface area contributed by atoms with Crippen LogP contribution in [0.1, 0.15) is 28.5 Å². The number of hydrogen-bond acceptors (Lipinski definition) is 1. The molecule has 0 saturated carbocycles. The number of rotatable bonds is 0. The van der Waals surface area contributed by atoms with Crippen LogP contribution in [-0.2, 0) is 6.18 Å². The third-order valence-electron chi connectivity index (χ3n) is 3.43. The van der Waals surface area contributed by atoms with E-state index in [1.165, 1.54) is 12.1 Å². The van der Waals surface area contributed by atoms with E-state index < -0.39 is 11.7 Å². The molecule has 1 aromatic carbocycles. The van der Waals surface area contributed by atoms with Gasteiger partial charge >= 0.3 is 6.18 Å². The van der Waals surface area contributed by atoms with Gasteiger partial charge in [-0.15, -0.1) is 0 Å². The van der Waals surface area contributed by atoms with Crippen molar-refractivity contribution in [2.75, 3.05) is 13.1 Å². The van der Waals surface area contributed by atoms with Gasteiger partial charge in [-0.05, 0) is 23.3 Å². The molecule has 1 heterocycles. The Labute approximate surface area is 85.3 Å². The molecule has 1 nitrogen and oxygen atoms in total. The second-order valence-corrected chi connectivity index (χ2v) is 4.21. The predicted octanol–water partition coefficient (Wildman–Crippen LogP) is 2.49. The zero-order valence-electron chi connectivity index (χ0n) is 7.93. The Kier molecular flexibility index (Phi) is 1.69. The lowest BCUT2D eigenvalue weighted by molar-refractivity contribution is -0.137. The van der Waals surface area contributed by atoms with E-state index in [0.717, 1.165) is 24.2 Å². The predicted molar refractivity (Wildman–Crippen MR) is 49.8 cm³/mol. The molecule has 1 aliphatic carbocycles. The Hall–Kier alpha value is -1.03. The lowest BCUT2D eigenvalue weighted by atomic mass is 9.69. The fourth-order valence-electron chi connectivity index (χ4n) is 2.65. The van der Waals surface area contributed by atoms with Crippen LogP contribution in [0.4, 0.5) is 13.2 Å². The van der Waals surface area contributed by atoms with Gasteiger partial charge in [0.25, 0.3) is 0 Å². The summed E-state index contributed by atoms with van der Waals surface area (Å²) >= 11 is 0. The monoisotopic (exact) mass is 213 g/mol. The number of alkyl halides is 3. The van der Waals surface area contributed by atoms with Crippen LogP contribution in [-0.4, -0.2) is 13.1 Å². The fourth-order valence-corrected chi connectivity index (χ4v) is 2.65. The highest BCUT2D eigenvalue weighted by Gasteiger charge is 2.42. The average molecular weight is 213 g/mol. The molecule has 4 heteroatoms. The largest absolute Gasteiger partial charge is 0.416 e. The van der Waals surface area contributed by atoms with Gasteiger partial charge in [0.15, 0.2) is 0 Å². The van der Waals surface area contributed by atoms with Gasteiger partial charge in [-0.3, -0.25) is 0 Å². The van der Waals surface area contributed by atoms with Crippen LogP contribution in [0.15, 0.2) is 18.2 Å². The molecular formula is C11H10F3N. The van der Waals surface area contributed by atoms with Gasteiger partial charge in [-0.1, -0.05) is 6.07 Å². The molecule has 15 heavy (non-hydrogen) atoms. The first-order valence-corrected chi connectivity index (χ1v) is 4.99. The van der Waals surface area contributed by atoms with Gasteiger partial charge < -0.3 is 5.32 Å². The number of halogens is 3. The van der Waals surface area contributed by atoms with Crippen molar-refractivity contribution < 1.29 is 13.2 Å². The minimum atomic E-state index is -4.22. The quantitative estimate of drug-likeness (QED) is 0.698. The molecule has 0 bridgehead atoms. The highest BCUT2D eigenvalue weighted by Crippen LogP contribution is 2.49. The lowest BCUT2D eigenvalue weighted by Gasteiger charge is -2.34. The van der Waals surface area contributed by atoms with Crippen molar-refractivity contribution in [2.45, 2.75) is 18.0 Å². The van der Waals surface area contributed by atoms with Crippen molar-refractivity contribution in [1.82, 2.24) is 5.32 Å². The van der Waals surface area contributed by atoms with E-state index in [-0.39, 0.29) is 0 Å². The van der Waals surface area contributed by atoms with Crippen LogP contribution in [0.3, 0.4) is 0 Å². The normalized spacial score (nSPS) is 28.2. The maximum absolute atomic E-state index is 12.5. The Morgan fingerprint density at radius 1 is 1.07 bits per heavy atom. The van der Waals surface area contributed by atoms with E-state index in [1.807, 2.05) is 0 Å². The molecule has 1 N–H and O–H groups in total. The van der Waals surface area contributed by atoms with Crippen molar-refractivity contribution in [3.05, 3.63) is 34.9 Å². The standard InChI is InChI=1S/C11H10F3N/c12-11(13,14)6-1-2-7-8(3-6)10-5-15-4-9(7)10/h1-3,9-10,15H,4-5H2. The van der Waals surface area contributed by atoms with Gasteiger partial charge in [-0.2, -0.15) is 13.2 Å². The molecule has 2 aliphatic rings. The number of fused-ring (bicyclic) bond motifs is 4. The topological polar surface area (TPSA) is 12.0 Å². The minimum Gasteiger partial charge on any atom is -0.315 e. The molecule has 2 atom stereocenters. The first kappa shape index (κ1) is 9.21. The van der Waals surface area contributed by atoms with Crippen molar-refractivity contribution in [3.63, 3.8) is 0 Å². The van der Waals surface area contributed by atoms with Crippen LogP contribution < -0.4 is 5.32 Å². The zero-order chi connectivity index (χ0) is 10.6. The smallest absolute Gasteiger partial charge is 0.315 e. The lowest BCUT2D eigenvalue weighted by Crippen LogP contribution is -2.23.